The van der Waals surface area contributed by atoms with Gasteiger partial charge >= 0.3 is 0 Å². The Bertz CT molecular complexity index is 552. The summed E-state index contributed by atoms with van der Waals surface area (Å²) < 4.78 is 12.2. The minimum Gasteiger partial charge on any atom is -0.325 e. The van der Waals surface area contributed by atoms with E-state index in [1.165, 1.54) is 5.56 Å². The number of benzene rings is 1. The highest BCUT2D eigenvalue weighted by molar-refractivity contribution is 7.84. The van der Waals surface area contributed by atoms with Crippen LogP contribution in [0.5, 0.6) is 0 Å². The number of rotatable bonds is 4. The summed E-state index contributed by atoms with van der Waals surface area (Å²) in [7, 11) is -1.02. The van der Waals surface area contributed by atoms with Crippen molar-refractivity contribution < 1.29 is 4.21 Å². The lowest BCUT2D eigenvalue weighted by Gasteiger charge is -2.04. The Hall–Kier alpha value is -1.52. The summed E-state index contributed by atoms with van der Waals surface area (Å²) in [5.41, 5.74) is 8.54. The van der Waals surface area contributed by atoms with Gasteiger partial charge in [-0.05, 0) is 36.8 Å². The van der Waals surface area contributed by atoms with Gasteiger partial charge in [-0.25, -0.2) is 0 Å². The van der Waals surface area contributed by atoms with Crippen molar-refractivity contribution in [3.05, 3.63) is 59.4 Å². The number of nitrogens with zero attached hydrogens (tertiary/aromatic N) is 1. The van der Waals surface area contributed by atoms with Crippen molar-refractivity contribution in [2.24, 2.45) is 5.73 Å². The van der Waals surface area contributed by atoms with E-state index in [0.717, 1.165) is 16.2 Å². The number of hydrogen-bond acceptors (Lipinski definition) is 3. The van der Waals surface area contributed by atoms with Crippen molar-refractivity contribution in [3.8, 4) is 0 Å². The molecule has 0 amide bonds. The zero-order valence-corrected chi connectivity index (χ0v) is 11.1. The van der Waals surface area contributed by atoms with E-state index in [-0.39, 0.29) is 0 Å². The van der Waals surface area contributed by atoms with Gasteiger partial charge < -0.3 is 5.73 Å². The molecule has 0 radical (unpaired) electrons. The molecule has 0 spiro atoms. The molecule has 18 heavy (non-hydrogen) atoms. The van der Waals surface area contributed by atoms with Gasteiger partial charge in [0.1, 0.15) is 0 Å². The second-order valence-corrected chi connectivity index (χ2v) is 5.61. The second kappa shape index (κ2) is 5.89. The van der Waals surface area contributed by atoms with Gasteiger partial charge in [0.15, 0.2) is 0 Å². The molecule has 0 bridgehead atoms. The quantitative estimate of drug-likeness (QED) is 0.916. The fraction of sp³-hybridized carbons (Fsp3) is 0.214. The van der Waals surface area contributed by atoms with Gasteiger partial charge in [0, 0.05) is 17.6 Å². The maximum absolute atomic E-state index is 12.2. The van der Waals surface area contributed by atoms with Crippen LogP contribution in [0.2, 0.25) is 0 Å². The highest BCUT2D eigenvalue weighted by atomic mass is 32.2. The van der Waals surface area contributed by atoms with Gasteiger partial charge in [0.2, 0.25) is 0 Å². The molecule has 1 atom stereocenters. The molecule has 0 aliphatic heterocycles. The molecule has 1 heterocycles. The van der Waals surface area contributed by atoms with Crippen LogP contribution < -0.4 is 5.73 Å². The van der Waals surface area contributed by atoms with Crippen LogP contribution in [-0.2, 0) is 23.1 Å². The van der Waals surface area contributed by atoms with Gasteiger partial charge in [-0.2, -0.15) is 0 Å². The molecule has 2 rings (SSSR count). The highest BCUT2D eigenvalue weighted by Crippen LogP contribution is 2.13. The van der Waals surface area contributed by atoms with Crippen LogP contribution in [0.3, 0.4) is 0 Å². The molecule has 0 saturated carbocycles. The molecule has 1 aromatic heterocycles. The average molecular weight is 260 g/mol. The van der Waals surface area contributed by atoms with E-state index in [4.69, 9.17) is 5.73 Å². The summed E-state index contributed by atoms with van der Waals surface area (Å²) in [5.74, 6) is 0.499. The number of aromatic nitrogens is 1. The van der Waals surface area contributed by atoms with E-state index >= 15 is 0 Å². The minimum atomic E-state index is -1.02. The highest BCUT2D eigenvalue weighted by Gasteiger charge is 2.05. The third-order valence-electron chi connectivity index (χ3n) is 2.67. The number of aryl methyl sites for hydroxylation is 1. The Balaban J connectivity index is 2.13. The van der Waals surface area contributed by atoms with Crippen LogP contribution in [0, 0.1) is 6.92 Å². The normalized spacial score (nSPS) is 12.3. The van der Waals surface area contributed by atoms with Crippen LogP contribution in [-0.4, -0.2) is 9.19 Å². The van der Waals surface area contributed by atoms with E-state index < -0.39 is 10.8 Å². The first-order valence-corrected chi connectivity index (χ1v) is 7.10. The SMILES string of the molecule is Cc1ccc(S(=O)Cc2ccnc(CN)c2)cc1. The Morgan fingerprint density at radius 3 is 2.61 bits per heavy atom. The summed E-state index contributed by atoms with van der Waals surface area (Å²) in [6.07, 6.45) is 1.71. The van der Waals surface area contributed by atoms with Crippen LogP contribution in [0.25, 0.3) is 0 Å². The zero-order valence-electron chi connectivity index (χ0n) is 10.3. The van der Waals surface area contributed by atoms with E-state index in [0.29, 0.717) is 12.3 Å². The predicted octanol–water partition coefficient (Wildman–Crippen LogP) is 2.16. The largest absolute Gasteiger partial charge is 0.325 e. The van der Waals surface area contributed by atoms with Crippen molar-refractivity contribution in [2.75, 3.05) is 0 Å². The average Bonchev–Trinajstić information content (AvgIpc) is 2.39. The molecular formula is C14H16N2OS. The first-order valence-electron chi connectivity index (χ1n) is 5.78. The molecule has 2 N–H and O–H groups in total. The lowest BCUT2D eigenvalue weighted by atomic mass is 10.2. The fourth-order valence-electron chi connectivity index (χ4n) is 1.65. The number of pyridine rings is 1. The van der Waals surface area contributed by atoms with Crippen LogP contribution in [0.4, 0.5) is 0 Å². The van der Waals surface area contributed by atoms with Crippen molar-refractivity contribution in [2.45, 2.75) is 24.1 Å². The Morgan fingerprint density at radius 2 is 1.94 bits per heavy atom. The Kier molecular flexibility index (Phi) is 4.23. The van der Waals surface area contributed by atoms with Gasteiger partial charge in [0.05, 0.1) is 22.2 Å². The van der Waals surface area contributed by atoms with Crippen molar-refractivity contribution in [3.63, 3.8) is 0 Å². The van der Waals surface area contributed by atoms with E-state index in [9.17, 15) is 4.21 Å². The summed E-state index contributed by atoms with van der Waals surface area (Å²) in [5, 5.41) is 0. The van der Waals surface area contributed by atoms with Crippen molar-refractivity contribution in [1.29, 1.82) is 0 Å². The molecule has 1 unspecified atom stereocenters. The lowest BCUT2D eigenvalue weighted by Crippen LogP contribution is -2.02. The maximum atomic E-state index is 12.2. The Labute approximate surface area is 110 Å². The summed E-state index contributed by atoms with van der Waals surface area (Å²) in [6.45, 7) is 2.42. The summed E-state index contributed by atoms with van der Waals surface area (Å²) in [4.78, 5) is 4.98. The monoisotopic (exact) mass is 260 g/mol. The van der Waals surface area contributed by atoms with Crippen molar-refractivity contribution in [1.82, 2.24) is 4.98 Å². The smallest absolute Gasteiger partial charge is 0.0574 e. The third kappa shape index (κ3) is 3.24. The zero-order chi connectivity index (χ0) is 13.0. The molecule has 2 aromatic rings. The summed E-state index contributed by atoms with van der Waals surface area (Å²) >= 11 is 0. The molecule has 3 nitrogen and oxygen atoms in total. The van der Waals surface area contributed by atoms with Gasteiger partial charge in [-0.3, -0.25) is 9.19 Å². The molecule has 0 aliphatic carbocycles. The van der Waals surface area contributed by atoms with Crippen LogP contribution in [0.15, 0.2) is 47.5 Å². The van der Waals surface area contributed by atoms with E-state index in [1.54, 1.807) is 6.20 Å². The topological polar surface area (TPSA) is 56.0 Å². The predicted molar refractivity (Wildman–Crippen MR) is 73.4 cm³/mol. The molecule has 1 aromatic carbocycles. The Morgan fingerprint density at radius 1 is 1.22 bits per heavy atom. The number of nitrogens with two attached hydrogens (primary N) is 1. The fourth-order valence-corrected chi connectivity index (χ4v) is 2.74. The standard InChI is InChI=1S/C14H16N2OS/c1-11-2-4-14(5-3-11)18(17)10-12-6-7-16-13(8-12)9-15/h2-8H,9-10,15H2,1H3. The molecule has 0 fully saturated rings. The van der Waals surface area contributed by atoms with E-state index in [2.05, 4.69) is 4.98 Å². The van der Waals surface area contributed by atoms with Crippen LogP contribution in [0.1, 0.15) is 16.8 Å². The first kappa shape index (κ1) is 12.9. The second-order valence-electron chi connectivity index (χ2n) is 4.16. The first-order chi connectivity index (χ1) is 8.69. The molecule has 4 heteroatoms. The van der Waals surface area contributed by atoms with Gasteiger partial charge in [0.25, 0.3) is 0 Å². The number of hydrogen-bond donors (Lipinski definition) is 1. The van der Waals surface area contributed by atoms with Gasteiger partial charge in [-0.1, -0.05) is 17.7 Å². The molecule has 0 saturated heterocycles. The molecule has 94 valence electrons. The summed E-state index contributed by atoms with van der Waals surface area (Å²) in [6, 6.07) is 11.6. The third-order valence-corrected chi connectivity index (χ3v) is 4.07. The van der Waals surface area contributed by atoms with E-state index in [1.807, 2.05) is 43.3 Å². The molecular weight excluding hydrogens is 244 g/mol. The maximum Gasteiger partial charge on any atom is 0.0574 e. The lowest BCUT2D eigenvalue weighted by molar-refractivity contribution is 0.682. The van der Waals surface area contributed by atoms with Crippen molar-refractivity contribution >= 4 is 10.8 Å². The van der Waals surface area contributed by atoms with Gasteiger partial charge in [-0.15, -0.1) is 0 Å². The molecule has 0 aliphatic rings. The minimum absolute atomic E-state index is 0.408. The van der Waals surface area contributed by atoms with Crippen LogP contribution >= 0.6 is 0 Å².